The van der Waals surface area contributed by atoms with E-state index in [0.29, 0.717) is 49.5 Å². The second-order valence-corrected chi connectivity index (χ2v) is 12.1. The lowest BCUT2D eigenvalue weighted by Crippen LogP contribution is -2.43. The van der Waals surface area contributed by atoms with Crippen molar-refractivity contribution in [3.63, 3.8) is 0 Å². The number of nitrogens with zero attached hydrogens (tertiary/aromatic N) is 2. The summed E-state index contributed by atoms with van der Waals surface area (Å²) < 4.78 is 27.3. The number of anilines is 1. The van der Waals surface area contributed by atoms with E-state index in [1.807, 2.05) is 0 Å². The maximum absolute atomic E-state index is 13.0. The molecule has 2 aliphatic rings. The minimum atomic E-state index is -3.63. The van der Waals surface area contributed by atoms with Crippen LogP contribution in [-0.4, -0.2) is 55.0 Å². The number of carbonyl (C=O) groups is 3. The minimum Gasteiger partial charge on any atom is -0.365 e. The fourth-order valence-corrected chi connectivity index (χ4v) is 8.09. The quantitative estimate of drug-likeness (QED) is 0.653. The molecule has 172 valence electrons. The molecule has 0 saturated carbocycles. The van der Waals surface area contributed by atoms with Gasteiger partial charge >= 0.3 is 0 Å². The van der Waals surface area contributed by atoms with Gasteiger partial charge in [0.15, 0.2) is 0 Å². The highest BCUT2D eigenvalue weighted by Crippen LogP contribution is 2.37. The molecule has 4 heterocycles. The van der Waals surface area contributed by atoms with Crippen LogP contribution in [0.25, 0.3) is 0 Å². The van der Waals surface area contributed by atoms with Crippen LogP contribution in [-0.2, 0) is 32.6 Å². The first kappa shape index (κ1) is 22.9. The van der Waals surface area contributed by atoms with Gasteiger partial charge in [0.05, 0.1) is 18.0 Å². The zero-order valence-corrected chi connectivity index (χ0v) is 19.9. The van der Waals surface area contributed by atoms with E-state index >= 15 is 0 Å². The topological polar surface area (TPSA) is 130 Å². The third-order valence-corrected chi connectivity index (χ3v) is 10.2. The van der Waals surface area contributed by atoms with Crippen molar-refractivity contribution in [3.05, 3.63) is 33.5 Å². The summed E-state index contributed by atoms with van der Waals surface area (Å²) in [7, 11) is -3.63. The molecule has 0 aliphatic carbocycles. The molecular formula is C20H24N4O5S3. The number of amides is 3. The SMILES string of the molecule is CC(=O)N1CCc2c(sc(NC(=O)C3CCCN(S(=O)(=O)c4cccs4)C3)c2C(N)=O)C1. The Kier molecular flexibility index (Phi) is 6.39. The second-order valence-electron chi connectivity index (χ2n) is 7.89. The number of nitrogens with two attached hydrogens (primary N) is 1. The Morgan fingerprint density at radius 1 is 1.25 bits per heavy atom. The van der Waals surface area contributed by atoms with Crippen molar-refractivity contribution in [2.24, 2.45) is 11.7 Å². The summed E-state index contributed by atoms with van der Waals surface area (Å²) in [6, 6.07) is 3.24. The van der Waals surface area contributed by atoms with Crippen molar-refractivity contribution in [1.29, 1.82) is 0 Å². The smallest absolute Gasteiger partial charge is 0.252 e. The molecule has 1 unspecified atom stereocenters. The van der Waals surface area contributed by atoms with Crippen LogP contribution in [0.4, 0.5) is 5.00 Å². The largest absolute Gasteiger partial charge is 0.365 e. The zero-order chi connectivity index (χ0) is 23.0. The van der Waals surface area contributed by atoms with Gasteiger partial charge in [0.25, 0.3) is 15.9 Å². The molecule has 9 nitrogen and oxygen atoms in total. The Balaban J connectivity index is 1.53. The van der Waals surface area contributed by atoms with E-state index in [0.717, 1.165) is 21.8 Å². The third kappa shape index (κ3) is 4.32. The van der Waals surface area contributed by atoms with Gasteiger partial charge in [-0.3, -0.25) is 14.4 Å². The molecular weight excluding hydrogens is 472 g/mol. The highest BCUT2D eigenvalue weighted by atomic mass is 32.2. The number of sulfonamides is 1. The van der Waals surface area contributed by atoms with Gasteiger partial charge in [-0.2, -0.15) is 4.31 Å². The molecule has 2 aliphatic heterocycles. The molecule has 0 radical (unpaired) electrons. The van der Waals surface area contributed by atoms with Gasteiger partial charge in [0.2, 0.25) is 11.8 Å². The van der Waals surface area contributed by atoms with Gasteiger partial charge in [-0.05, 0) is 36.3 Å². The first-order valence-electron chi connectivity index (χ1n) is 10.2. The van der Waals surface area contributed by atoms with E-state index in [4.69, 9.17) is 5.73 Å². The maximum Gasteiger partial charge on any atom is 0.252 e. The van der Waals surface area contributed by atoms with Gasteiger partial charge < -0.3 is 16.0 Å². The molecule has 12 heteroatoms. The second kappa shape index (κ2) is 8.93. The van der Waals surface area contributed by atoms with Crippen molar-refractivity contribution in [3.8, 4) is 0 Å². The van der Waals surface area contributed by atoms with Crippen molar-refractivity contribution >= 4 is 55.4 Å². The van der Waals surface area contributed by atoms with E-state index in [-0.39, 0.29) is 22.6 Å². The summed E-state index contributed by atoms with van der Waals surface area (Å²) in [5.41, 5.74) is 6.69. The first-order valence-corrected chi connectivity index (χ1v) is 13.4. The van der Waals surface area contributed by atoms with Gasteiger partial charge in [-0.1, -0.05) is 6.07 Å². The summed E-state index contributed by atoms with van der Waals surface area (Å²) in [5, 5.41) is 4.90. The minimum absolute atomic E-state index is 0.0514. The number of primary amides is 1. The summed E-state index contributed by atoms with van der Waals surface area (Å²) >= 11 is 2.40. The van der Waals surface area contributed by atoms with Crippen molar-refractivity contribution in [2.75, 3.05) is 25.0 Å². The van der Waals surface area contributed by atoms with Gasteiger partial charge in [0.1, 0.15) is 9.21 Å². The Hall–Kier alpha value is -2.28. The lowest BCUT2D eigenvalue weighted by molar-refractivity contribution is -0.129. The highest BCUT2D eigenvalue weighted by molar-refractivity contribution is 7.91. The van der Waals surface area contributed by atoms with E-state index in [1.165, 1.54) is 22.6 Å². The van der Waals surface area contributed by atoms with Gasteiger partial charge in [-0.15, -0.1) is 22.7 Å². The third-order valence-electron chi connectivity index (χ3n) is 5.83. The average molecular weight is 497 g/mol. The number of piperidine rings is 1. The van der Waals surface area contributed by atoms with Gasteiger partial charge in [0, 0.05) is 31.4 Å². The fourth-order valence-electron chi connectivity index (χ4n) is 4.15. The first-order chi connectivity index (χ1) is 15.2. The van der Waals surface area contributed by atoms with Crippen molar-refractivity contribution in [1.82, 2.24) is 9.21 Å². The van der Waals surface area contributed by atoms with Crippen LogP contribution in [0.5, 0.6) is 0 Å². The molecule has 3 amide bonds. The molecule has 0 aromatic carbocycles. The van der Waals surface area contributed by atoms with Crippen LogP contribution < -0.4 is 11.1 Å². The Morgan fingerprint density at radius 2 is 2.03 bits per heavy atom. The number of thiophene rings is 2. The van der Waals surface area contributed by atoms with Crippen LogP contribution >= 0.6 is 22.7 Å². The van der Waals surface area contributed by atoms with E-state index in [2.05, 4.69) is 5.32 Å². The standard InChI is InChI=1S/C20H24N4O5S3/c1-12(25)23-8-6-14-15(11-23)31-20(17(14)18(21)26)22-19(27)13-4-2-7-24(10-13)32(28,29)16-5-3-9-30-16/h3,5,9,13H,2,4,6-8,10-11H2,1H3,(H2,21,26)(H,22,27). The van der Waals surface area contributed by atoms with Crippen molar-refractivity contribution in [2.45, 2.75) is 36.9 Å². The van der Waals surface area contributed by atoms with Crippen LogP contribution in [0.1, 0.15) is 40.6 Å². The molecule has 3 N–H and O–H groups in total. The Bertz CT molecular complexity index is 1160. The van der Waals surface area contributed by atoms with E-state index < -0.39 is 21.8 Å². The molecule has 0 bridgehead atoms. The number of hydrogen-bond acceptors (Lipinski definition) is 7. The number of hydrogen-bond donors (Lipinski definition) is 2. The fraction of sp³-hybridized carbons (Fsp3) is 0.450. The van der Waals surface area contributed by atoms with Gasteiger partial charge in [-0.25, -0.2) is 8.42 Å². The average Bonchev–Trinajstić information content (AvgIpc) is 3.41. The molecule has 2 aromatic heterocycles. The summed E-state index contributed by atoms with van der Waals surface area (Å²) in [4.78, 5) is 39.5. The number of rotatable bonds is 5. The lowest BCUT2D eigenvalue weighted by atomic mass is 9.98. The Morgan fingerprint density at radius 3 is 2.69 bits per heavy atom. The molecule has 1 atom stereocenters. The van der Waals surface area contributed by atoms with Crippen LogP contribution in [0, 0.1) is 5.92 Å². The molecule has 1 saturated heterocycles. The predicted octanol–water partition coefficient (Wildman–Crippen LogP) is 1.85. The molecule has 4 rings (SSSR count). The number of fused-ring (bicyclic) bond motifs is 1. The monoisotopic (exact) mass is 496 g/mol. The van der Waals surface area contributed by atoms with Crippen LogP contribution in [0.15, 0.2) is 21.7 Å². The Labute approximate surface area is 194 Å². The summed E-state index contributed by atoms with van der Waals surface area (Å²) in [6.07, 6.45) is 1.62. The molecule has 1 fully saturated rings. The molecule has 32 heavy (non-hydrogen) atoms. The van der Waals surface area contributed by atoms with E-state index in [1.54, 1.807) is 22.4 Å². The highest BCUT2D eigenvalue weighted by Gasteiger charge is 2.35. The summed E-state index contributed by atoms with van der Waals surface area (Å²) in [5.74, 6) is -1.54. The summed E-state index contributed by atoms with van der Waals surface area (Å²) in [6.45, 7) is 2.81. The molecule has 2 aromatic rings. The predicted molar refractivity (Wildman–Crippen MR) is 122 cm³/mol. The number of carbonyl (C=O) groups excluding carboxylic acids is 3. The van der Waals surface area contributed by atoms with Crippen LogP contribution in [0.2, 0.25) is 0 Å². The zero-order valence-electron chi connectivity index (χ0n) is 17.5. The van der Waals surface area contributed by atoms with E-state index in [9.17, 15) is 22.8 Å². The number of nitrogens with one attached hydrogen (secondary N) is 1. The maximum atomic E-state index is 13.0. The normalized spacial score (nSPS) is 19.4. The van der Waals surface area contributed by atoms with Crippen LogP contribution in [0.3, 0.4) is 0 Å². The molecule has 0 spiro atoms. The van der Waals surface area contributed by atoms with Crippen molar-refractivity contribution < 1.29 is 22.8 Å². The lowest BCUT2D eigenvalue weighted by Gasteiger charge is -2.30.